The quantitative estimate of drug-likeness (QED) is 0.692. The van der Waals surface area contributed by atoms with Crippen molar-refractivity contribution in [2.24, 2.45) is 5.92 Å². The van der Waals surface area contributed by atoms with Crippen molar-refractivity contribution in [2.45, 2.75) is 76.1 Å². The molecule has 0 radical (unpaired) electrons. The highest BCUT2D eigenvalue weighted by Gasteiger charge is 2.38. The molecule has 2 N–H and O–H groups in total. The lowest BCUT2D eigenvalue weighted by Crippen LogP contribution is -2.49. The minimum absolute atomic E-state index is 0.0714. The van der Waals surface area contributed by atoms with E-state index in [1.54, 1.807) is 4.90 Å². The molecular weight excluding hydrogens is 418 g/mol. The number of allylic oxidation sites excluding steroid dienone is 1. The molecule has 7 nitrogen and oxygen atoms in total. The lowest BCUT2D eigenvalue weighted by Gasteiger charge is -2.34. The lowest BCUT2D eigenvalue weighted by atomic mass is 9.91. The average Bonchev–Trinajstić information content (AvgIpc) is 3.14. The second-order valence-corrected chi connectivity index (χ2v) is 9.91. The number of carbonyl (C=O) groups is 2. The average molecular weight is 454 g/mol. The van der Waals surface area contributed by atoms with Crippen LogP contribution in [-0.2, 0) is 16.1 Å². The normalized spacial score (nSPS) is 28.5. The fourth-order valence-electron chi connectivity index (χ4n) is 5.62. The Morgan fingerprint density at radius 3 is 2.76 bits per heavy atom. The van der Waals surface area contributed by atoms with Crippen molar-refractivity contribution in [3.05, 3.63) is 41.6 Å². The number of fused-ring (bicyclic) bond motifs is 1. The number of nitrogens with one attached hydrogen (secondary N) is 2. The highest BCUT2D eigenvalue weighted by molar-refractivity contribution is 6.01. The summed E-state index contributed by atoms with van der Waals surface area (Å²) < 4.78 is 12.0. The summed E-state index contributed by atoms with van der Waals surface area (Å²) >= 11 is 0. The van der Waals surface area contributed by atoms with E-state index in [1.165, 1.54) is 12.8 Å². The summed E-state index contributed by atoms with van der Waals surface area (Å²) in [5.41, 5.74) is 2.35. The first kappa shape index (κ1) is 22.4. The van der Waals surface area contributed by atoms with Crippen molar-refractivity contribution < 1.29 is 19.1 Å². The van der Waals surface area contributed by atoms with E-state index in [1.807, 2.05) is 18.2 Å². The number of benzene rings is 1. The summed E-state index contributed by atoms with van der Waals surface area (Å²) in [4.78, 5) is 27.1. The molecule has 33 heavy (non-hydrogen) atoms. The first-order valence-electron chi connectivity index (χ1n) is 12.5. The Morgan fingerprint density at radius 1 is 1.12 bits per heavy atom. The van der Waals surface area contributed by atoms with Gasteiger partial charge in [-0.15, -0.1) is 0 Å². The van der Waals surface area contributed by atoms with Crippen LogP contribution in [0.5, 0.6) is 5.75 Å². The number of ether oxygens (including phenoxy) is 2. The topological polar surface area (TPSA) is 79.9 Å². The minimum Gasteiger partial charge on any atom is -0.489 e. The van der Waals surface area contributed by atoms with Gasteiger partial charge in [0.05, 0.1) is 0 Å². The molecule has 3 fully saturated rings. The van der Waals surface area contributed by atoms with Crippen LogP contribution in [0.15, 0.2) is 30.5 Å². The van der Waals surface area contributed by atoms with Crippen LogP contribution < -0.4 is 15.4 Å². The summed E-state index contributed by atoms with van der Waals surface area (Å²) in [6, 6.07) is 5.69. The van der Waals surface area contributed by atoms with Gasteiger partial charge >= 0.3 is 0 Å². The van der Waals surface area contributed by atoms with E-state index in [-0.39, 0.29) is 17.9 Å². The second-order valence-electron chi connectivity index (χ2n) is 9.91. The molecule has 2 saturated heterocycles. The Balaban J connectivity index is 1.22. The van der Waals surface area contributed by atoms with Gasteiger partial charge in [0, 0.05) is 37.1 Å². The fourth-order valence-corrected chi connectivity index (χ4v) is 5.62. The van der Waals surface area contributed by atoms with Crippen LogP contribution in [-0.4, -0.2) is 54.7 Å². The molecule has 0 aromatic heterocycles. The smallest absolute Gasteiger partial charge is 0.255 e. The van der Waals surface area contributed by atoms with Gasteiger partial charge in [-0.1, -0.05) is 13.0 Å². The van der Waals surface area contributed by atoms with Crippen LogP contribution in [0.4, 0.5) is 0 Å². The van der Waals surface area contributed by atoms with Crippen LogP contribution in [0.2, 0.25) is 0 Å². The summed E-state index contributed by atoms with van der Waals surface area (Å²) in [5.74, 6) is 1.30. The van der Waals surface area contributed by atoms with Gasteiger partial charge in [0.2, 0.25) is 5.91 Å². The number of carbonyl (C=O) groups excluding carboxylic acids is 2. The SMILES string of the molecule is C=C1CCC(N2Cc3cc(O[C@H]4CCCC[C@@H]4NCC4CCOCC4)ccc3C2=O)C(=O)N1. The van der Waals surface area contributed by atoms with Crippen molar-refractivity contribution >= 4 is 11.8 Å². The van der Waals surface area contributed by atoms with E-state index in [2.05, 4.69) is 17.2 Å². The molecule has 1 aromatic carbocycles. The highest BCUT2D eigenvalue weighted by Crippen LogP contribution is 2.32. The molecule has 7 heteroatoms. The number of hydrogen-bond acceptors (Lipinski definition) is 5. The molecule has 1 aromatic rings. The molecule has 0 spiro atoms. The van der Waals surface area contributed by atoms with Crippen LogP contribution in [0, 0.1) is 5.92 Å². The summed E-state index contributed by atoms with van der Waals surface area (Å²) in [7, 11) is 0. The molecule has 2 amide bonds. The Labute approximate surface area is 195 Å². The van der Waals surface area contributed by atoms with Crippen molar-refractivity contribution in [1.29, 1.82) is 0 Å². The van der Waals surface area contributed by atoms with Gasteiger partial charge in [0.15, 0.2) is 0 Å². The highest BCUT2D eigenvalue weighted by atomic mass is 16.5. The summed E-state index contributed by atoms with van der Waals surface area (Å²) in [5, 5.41) is 6.58. The van der Waals surface area contributed by atoms with Crippen molar-refractivity contribution in [3.8, 4) is 5.75 Å². The third-order valence-corrected chi connectivity index (χ3v) is 7.61. The van der Waals surface area contributed by atoms with Crippen molar-refractivity contribution in [2.75, 3.05) is 19.8 Å². The molecule has 1 unspecified atom stereocenters. The summed E-state index contributed by atoms with van der Waals surface area (Å²) in [6.07, 6.45) is 8.31. The van der Waals surface area contributed by atoms with Gasteiger partial charge in [-0.3, -0.25) is 9.59 Å². The molecule has 3 aliphatic heterocycles. The van der Waals surface area contributed by atoms with Crippen molar-refractivity contribution in [1.82, 2.24) is 15.5 Å². The number of nitrogens with zero attached hydrogens (tertiary/aromatic N) is 1. The van der Waals surface area contributed by atoms with Crippen LogP contribution in [0.3, 0.4) is 0 Å². The van der Waals surface area contributed by atoms with Gasteiger partial charge in [-0.25, -0.2) is 0 Å². The maximum Gasteiger partial charge on any atom is 0.255 e. The zero-order chi connectivity index (χ0) is 22.8. The summed E-state index contributed by atoms with van der Waals surface area (Å²) in [6.45, 7) is 7.06. The zero-order valence-electron chi connectivity index (χ0n) is 19.3. The maximum atomic E-state index is 13.0. The molecule has 178 valence electrons. The number of hydrogen-bond donors (Lipinski definition) is 2. The first-order chi connectivity index (χ1) is 16.1. The van der Waals surface area contributed by atoms with Gasteiger partial charge in [0.25, 0.3) is 5.91 Å². The molecular formula is C26H35N3O4. The first-order valence-corrected chi connectivity index (χ1v) is 12.5. The van der Waals surface area contributed by atoms with Crippen molar-refractivity contribution in [3.63, 3.8) is 0 Å². The third-order valence-electron chi connectivity index (χ3n) is 7.61. The zero-order valence-corrected chi connectivity index (χ0v) is 19.3. The molecule has 3 atom stereocenters. The van der Waals surface area contributed by atoms with E-state index in [0.717, 1.165) is 62.5 Å². The molecule has 5 rings (SSSR count). The Morgan fingerprint density at radius 2 is 1.94 bits per heavy atom. The van der Waals surface area contributed by atoms with E-state index in [0.29, 0.717) is 36.9 Å². The Bertz CT molecular complexity index is 911. The van der Waals surface area contributed by atoms with Gasteiger partial charge in [-0.2, -0.15) is 0 Å². The van der Waals surface area contributed by atoms with Crippen LogP contribution in [0.1, 0.15) is 67.3 Å². The molecule has 3 heterocycles. The van der Waals surface area contributed by atoms with E-state index < -0.39 is 6.04 Å². The number of amides is 2. The maximum absolute atomic E-state index is 13.0. The second kappa shape index (κ2) is 9.85. The van der Waals surface area contributed by atoms with E-state index in [9.17, 15) is 9.59 Å². The van der Waals surface area contributed by atoms with E-state index >= 15 is 0 Å². The largest absolute Gasteiger partial charge is 0.489 e. The van der Waals surface area contributed by atoms with Crippen LogP contribution in [0.25, 0.3) is 0 Å². The number of rotatable bonds is 6. The lowest BCUT2D eigenvalue weighted by molar-refractivity contribution is -0.126. The molecule has 4 aliphatic rings. The fraction of sp³-hybridized carbons (Fsp3) is 0.615. The minimum atomic E-state index is -0.433. The predicted octanol–water partition coefficient (Wildman–Crippen LogP) is 3.14. The van der Waals surface area contributed by atoms with Crippen LogP contribution >= 0.6 is 0 Å². The Hall–Kier alpha value is -2.38. The standard InChI is InChI=1S/C26H35N3O4/c1-17-6-9-23(25(30)28-17)29-16-19-14-20(7-8-21(19)26(29)31)33-24-5-3-2-4-22(24)27-15-18-10-12-32-13-11-18/h7-8,14,18,22-24,27H,1-6,9-13,15-16H2,(H,28,30)/t22-,23?,24-/m0/s1. The monoisotopic (exact) mass is 453 g/mol. The molecule has 0 bridgehead atoms. The predicted molar refractivity (Wildman–Crippen MR) is 125 cm³/mol. The van der Waals surface area contributed by atoms with E-state index in [4.69, 9.17) is 9.47 Å². The number of piperidine rings is 1. The Kier molecular flexibility index (Phi) is 6.69. The molecule has 1 aliphatic carbocycles. The van der Waals surface area contributed by atoms with Gasteiger partial charge in [-0.05, 0) is 81.2 Å². The van der Waals surface area contributed by atoms with Gasteiger partial charge in [0.1, 0.15) is 17.9 Å². The van der Waals surface area contributed by atoms with Gasteiger partial charge < -0.3 is 25.0 Å². The molecule has 1 saturated carbocycles. The third kappa shape index (κ3) is 4.94.